The highest BCUT2D eigenvalue weighted by atomic mass is 19.1. The minimum absolute atomic E-state index is 0.0849. The largest absolute Gasteiger partial charge is 0.367 e. The molecule has 200 valence electrons. The molecule has 0 unspecified atom stereocenters. The Labute approximate surface area is 224 Å². The van der Waals surface area contributed by atoms with E-state index < -0.39 is 5.82 Å². The summed E-state index contributed by atoms with van der Waals surface area (Å²) in [6.07, 6.45) is 7.08. The number of piperazine rings is 1. The zero-order chi connectivity index (χ0) is 26.9. The minimum Gasteiger partial charge on any atom is -0.367 e. The molecule has 1 aromatic carbocycles. The molecular formula is C28H30FN9O. The van der Waals surface area contributed by atoms with Crippen LogP contribution in [0, 0.1) is 5.82 Å². The molecule has 3 N–H and O–H groups in total. The third kappa shape index (κ3) is 4.81. The number of aromatic nitrogens is 6. The summed E-state index contributed by atoms with van der Waals surface area (Å²) in [5, 5.41) is 10.5. The van der Waals surface area contributed by atoms with Crippen LogP contribution < -0.4 is 10.2 Å². The van der Waals surface area contributed by atoms with Crippen molar-refractivity contribution < 1.29 is 9.18 Å². The number of pyridine rings is 2. The van der Waals surface area contributed by atoms with Crippen molar-refractivity contribution in [1.29, 1.82) is 0 Å². The number of halogens is 1. The Hall–Kier alpha value is -4.38. The average Bonchev–Trinajstić information content (AvgIpc) is 3.57. The fourth-order valence-corrected chi connectivity index (χ4v) is 5.00. The van der Waals surface area contributed by atoms with Crippen LogP contribution in [-0.2, 0) is 4.79 Å². The maximum absolute atomic E-state index is 16.1. The molecule has 1 aliphatic heterocycles. The standard InChI is InChI=1S/C28H30FN9O/c1-3-4-5-22(39)32-18-14-17(15-30-16-18)19-6-7-20-23(24(19)29)26(36-35-20)28-33-25-21(8-9-31-27(25)34-28)38-12-10-37(2)11-13-38/h6-9,14-16H,3-5,10-13H2,1-2H3,(H,32,39)(H,35,36)(H,31,33,34). The number of nitrogens with one attached hydrogen (secondary N) is 3. The number of hydrogen-bond donors (Lipinski definition) is 3. The van der Waals surface area contributed by atoms with Gasteiger partial charge in [-0.1, -0.05) is 13.3 Å². The monoisotopic (exact) mass is 527 g/mol. The molecule has 0 atom stereocenters. The van der Waals surface area contributed by atoms with Gasteiger partial charge in [0.1, 0.15) is 17.0 Å². The van der Waals surface area contributed by atoms with Crippen LogP contribution in [0.5, 0.6) is 0 Å². The van der Waals surface area contributed by atoms with Crippen LogP contribution in [0.2, 0.25) is 0 Å². The highest BCUT2D eigenvalue weighted by molar-refractivity contribution is 5.98. The van der Waals surface area contributed by atoms with E-state index in [0.717, 1.165) is 50.2 Å². The number of nitrogens with zero attached hydrogens (tertiary/aromatic N) is 6. The van der Waals surface area contributed by atoms with Gasteiger partial charge >= 0.3 is 0 Å². The van der Waals surface area contributed by atoms with Crippen molar-refractivity contribution >= 4 is 39.3 Å². The molecule has 0 radical (unpaired) electrons. The van der Waals surface area contributed by atoms with Gasteiger partial charge in [-0.05, 0) is 37.7 Å². The Kier molecular flexibility index (Phi) is 6.65. The van der Waals surface area contributed by atoms with Crippen molar-refractivity contribution in [3.8, 4) is 22.6 Å². The number of likely N-dealkylation sites (N-methyl/N-ethyl adjacent to an activating group) is 1. The third-order valence-corrected chi connectivity index (χ3v) is 7.19. The van der Waals surface area contributed by atoms with Gasteiger partial charge in [0.2, 0.25) is 5.91 Å². The van der Waals surface area contributed by atoms with E-state index in [1.54, 1.807) is 36.8 Å². The van der Waals surface area contributed by atoms with Crippen molar-refractivity contribution in [2.45, 2.75) is 26.2 Å². The first-order valence-corrected chi connectivity index (χ1v) is 13.2. The van der Waals surface area contributed by atoms with E-state index in [0.29, 0.717) is 51.3 Å². The minimum atomic E-state index is -0.444. The molecule has 10 nitrogen and oxygen atoms in total. The Morgan fingerprint density at radius 2 is 2.00 bits per heavy atom. The summed E-state index contributed by atoms with van der Waals surface area (Å²) in [6.45, 7) is 5.77. The number of imidazole rings is 1. The zero-order valence-electron chi connectivity index (χ0n) is 22.0. The molecule has 1 aliphatic rings. The number of amides is 1. The summed E-state index contributed by atoms with van der Waals surface area (Å²) in [7, 11) is 2.12. The van der Waals surface area contributed by atoms with Gasteiger partial charge < -0.3 is 20.1 Å². The number of fused-ring (bicyclic) bond motifs is 2. The molecule has 0 aliphatic carbocycles. The Balaban J connectivity index is 1.37. The van der Waals surface area contributed by atoms with Crippen molar-refractivity contribution in [2.75, 3.05) is 43.4 Å². The SMILES string of the molecule is CCCCC(=O)Nc1cncc(-c2ccc3[nH]nc(-c4nc5c(N6CCN(C)CC6)ccnc5[nH]4)c3c2F)c1. The number of carbonyl (C=O) groups excluding carboxylic acids is 1. The first-order valence-electron chi connectivity index (χ1n) is 13.2. The number of rotatable bonds is 7. The normalized spacial score (nSPS) is 14.4. The molecule has 11 heteroatoms. The Bertz CT molecular complexity index is 1650. The molecule has 1 fully saturated rings. The quantitative estimate of drug-likeness (QED) is 0.283. The van der Waals surface area contributed by atoms with Crippen LogP contribution in [0.1, 0.15) is 26.2 Å². The van der Waals surface area contributed by atoms with Gasteiger partial charge in [-0.15, -0.1) is 0 Å². The lowest BCUT2D eigenvalue weighted by atomic mass is 10.0. The van der Waals surface area contributed by atoms with E-state index in [9.17, 15) is 4.79 Å². The number of aromatic amines is 2. The molecule has 39 heavy (non-hydrogen) atoms. The molecule has 6 rings (SSSR count). The van der Waals surface area contributed by atoms with Gasteiger partial charge in [-0.25, -0.2) is 14.4 Å². The average molecular weight is 528 g/mol. The van der Waals surface area contributed by atoms with Crippen LogP contribution in [-0.4, -0.2) is 74.2 Å². The second-order valence-corrected chi connectivity index (χ2v) is 9.94. The van der Waals surface area contributed by atoms with Crippen LogP contribution in [0.15, 0.2) is 42.9 Å². The predicted octanol–water partition coefficient (Wildman–Crippen LogP) is 4.58. The second kappa shape index (κ2) is 10.4. The first kappa shape index (κ1) is 24.9. The topological polar surface area (TPSA) is 119 Å². The smallest absolute Gasteiger partial charge is 0.224 e. The maximum Gasteiger partial charge on any atom is 0.224 e. The number of unbranched alkanes of at least 4 members (excludes halogenated alkanes) is 1. The lowest BCUT2D eigenvalue weighted by molar-refractivity contribution is -0.116. The first-order chi connectivity index (χ1) is 19.0. The van der Waals surface area contributed by atoms with Crippen LogP contribution >= 0.6 is 0 Å². The summed E-state index contributed by atoms with van der Waals surface area (Å²) < 4.78 is 16.1. The second-order valence-electron chi connectivity index (χ2n) is 9.94. The molecule has 5 heterocycles. The van der Waals surface area contributed by atoms with Crippen molar-refractivity contribution in [3.05, 3.63) is 48.7 Å². The predicted molar refractivity (Wildman–Crippen MR) is 150 cm³/mol. The number of hydrogen-bond acceptors (Lipinski definition) is 7. The highest BCUT2D eigenvalue weighted by Crippen LogP contribution is 2.35. The Morgan fingerprint density at radius 3 is 2.82 bits per heavy atom. The van der Waals surface area contributed by atoms with Gasteiger partial charge in [-0.2, -0.15) is 5.10 Å². The number of H-pyrrole nitrogens is 2. The van der Waals surface area contributed by atoms with Gasteiger partial charge in [0.15, 0.2) is 11.5 Å². The van der Waals surface area contributed by atoms with Crippen molar-refractivity contribution in [3.63, 3.8) is 0 Å². The van der Waals surface area contributed by atoms with E-state index in [1.807, 2.05) is 13.0 Å². The van der Waals surface area contributed by atoms with Gasteiger partial charge in [0, 0.05) is 56.1 Å². The van der Waals surface area contributed by atoms with Crippen molar-refractivity contribution in [2.24, 2.45) is 0 Å². The molecule has 5 aromatic rings. The number of benzene rings is 1. The summed E-state index contributed by atoms with van der Waals surface area (Å²) in [5.74, 6) is -0.0880. The van der Waals surface area contributed by atoms with Gasteiger partial charge in [0.25, 0.3) is 0 Å². The number of carbonyl (C=O) groups is 1. The van der Waals surface area contributed by atoms with E-state index in [1.165, 1.54) is 0 Å². The summed E-state index contributed by atoms with van der Waals surface area (Å²) >= 11 is 0. The fraction of sp³-hybridized carbons (Fsp3) is 0.321. The summed E-state index contributed by atoms with van der Waals surface area (Å²) in [4.78, 5) is 33.6. The lowest BCUT2D eigenvalue weighted by Crippen LogP contribution is -2.44. The molecule has 0 bridgehead atoms. The van der Waals surface area contributed by atoms with Gasteiger partial charge in [-0.3, -0.25) is 14.9 Å². The lowest BCUT2D eigenvalue weighted by Gasteiger charge is -2.33. The molecule has 0 saturated carbocycles. The Morgan fingerprint density at radius 1 is 1.15 bits per heavy atom. The van der Waals surface area contributed by atoms with E-state index in [-0.39, 0.29) is 5.91 Å². The van der Waals surface area contributed by atoms with Crippen LogP contribution in [0.3, 0.4) is 0 Å². The molecule has 1 amide bonds. The van der Waals surface area contributed by atoms with Crippen molar-refractivity contribution in [1.82, 2.24) is 35.0 Å². The zero-order valence-corrected chi connectivity index (χ0v) is 22.0. The fourth-order valence-electron chi connectivity index (χ4n) is 5.00. The highest BCUT2D eigenvalue weighted by Gasteiger charge is 2.23. The molecule has 1 saturated heterocycles. The van der Waals surface area contributed by atoms with E-state index >= 15 is 4.39 Å². The van der Waals surface area contributed by atoms with Crippen LogP contribution in [0.25, 0.3) is 44.7 Å². The van der Waals surface area contributed by atoms with E-state index in [2.05, 4.69) is 47.3 Å². The molecule has 0 spiro atoms. The molecule has 4 aromatic heterocycles. The third-order valence-electron chi connectivity index (χ3n) is 7.19. The number of anilines is 2. The van der Waals surface area contributed by atoms with Gasteiger partial charge in [0.05, 0.1) is 28.5 Å². The molecular weight excluding hydrogens is 497 g/mol. The van der Waals surface area contributed by atoms with E-state index in [4.69, 9.17) is 4.98 Å². The van der Waals surface area contributed by atoms with Crippen LogP contribution in [0.4, 0.5) is 15.8 Å². The maximum atomic E-state index is 16.1. The summed E-state index contributed by atoms with van der Waals surface area (Å²) in [6, 6.07) is 7.17. The summed E-state index contributed by atoms with van der Waals surface area (Å²) in [5.41, 5.74) is 4.74.